The summed E-state index contributed by atoms with van der Waals surface area (Å²) in [4.78, 5) is 13.2. The molecule has 2 nitrogen and oxygen atoms in total. The van der Waals surface area contributed by atoms with Crippen molar-refractivity contribution in [2.24, 2.45) is 52.3 Å². The van der Waals surface area contributed by atoms with E-state index in [0.717, 1.165) is 43.4 Å². The molecule has 0 unspecified atom stereocenters. The molecular formula is C27H46O2. The first-order chi connectivity index (χ1) is 13.7. The lowest BCUT2D eigenvalue weighted by atomic mass is 9.43. The summed E-state index contributed by atoms with van der Waals surface area (Å²) >= 11 is 0. The molecule has 0 radical (unpaired) electrons. The lowest BCUT2D eigenvalue weighted by molar-refractivity contribution is -0.176. The van der Waals surface area contributed by atoms with Crippen LogP contribution in [0.1, 0.15) is 105 Å². The lowest BCUT2D eigenvalue weighted by Gasteiger charge is -2.61. The van der Waals surface area contributed by atoms with Gasteiger partial charge in [-0.15, -0.1) is 0 Å². The van der Waals surface area contributed by atoms with Gasteiger partial charge in [0.25, 0.3) is 0 Å². The number of carbonyl (C=O) groups excluding carboxylic acids is 1. The van der Waals surface area contributed by atoms with Crippen LogP contribution in [0.4, 0.5) is 0 Å². The molecule has 2 heteroatoms. The maximum Gasteiger partial charge on any atom is 0.136 e. The van der Waals surface area contributed by atoms with Crippen LogP contribution in [0.3, 0.4) is 0 Å². The summed E-state index contributed by atoms with van der Waals surface area (Å²) in [6.07, 6.45) is 12.8. The van der Waals surface area contributed by atoms with Crippen molar-refractivity contribution in [3.8, 4) is 0 Å². The van der Waals surface area contributed by atoms with Crippen LogP contribution < -0.4 is 0 Å². The SMILES string of the molecule is CC(C)CCC[C@@H](C)[C@H]1CC[C@H]2[C@@H]3CC(=O)[C@H]4CCC[C@H](O)[C@]4(C)[C@H]3CC[C@]12C. The highest BCUT2D eigenvalue weighted by Gasteiger charge is 2.63. The van der Waals surface area contributed by atoms with Crippen molar-refractivity contribution >= 4 is 5.78 Å². The molecule has 4 rings (SSSR count). The summed E-state index contributed by atoms with van der Waals surface area (Å²) in [6.45, 7) is 12.1. The molecule has 0 bridgehead atoms. The summed E-state index contributed by atoms with van der Waals surface area (Å²) in [5.41, 5.74) is 0.266. The quantitative estimate of drug-likeness (QED) is 0.559. The first-order valence-electron chi connectivity index (χ1n) is 12.9. The minimum absolute atomic E-state index is 0.129. The Morgan fingerprint density at radius 2 is 1.76 bits per heavy atom. The molecule has 0 aliphatic heterocycles. The molecule has 9 atom stereocenters. The Bertz CT molecular complexity index is 612. The van der Waals surface area contributed by atoms with Gasteiger partial charge in [0.05, 0.1) is 6.10 Å². The average molecular weight is 403 g/mol. The third-order valence-electron chi connectivity index (χ3n) is 10.7. The molecule has 0 spiro atoms. The van der Waals surface area contributed by atoms with Gasteiger partial charge in [-0.3, -0.25) is 4.79 Å². The van der Waals surface area contributed by atoms with Gasteiger partial charge in [-0.25, -0.2) is 0 Å². The van der Waals surface area contributed by atoms with Gasteiger partial charge < -0.3 is 5.11 Å². The Hall–Kier alpha value is -0.370. The van der Waals surface area contributed by atoms with Crippen LogP contribution in [-0.4, -0.2) is 17.0 Å². The first kappa shape index (κ1) is 21.8. The number of hydrogen-bond donors (Lipinski definition) is 1. The summed E-state index contributed by atoms with van der Waals surface area (Å²) < 4.78 is 0. The molecule has 166 valence electrons. The van der Waals surface area contributed by atoms with Gasteiger partial charge in [-0.2, -0.15) is 0 Å². The van der Waals surface area contributed by atoms with E-state index in [4.69, 9.17) is 0 Å². The van der Waals surface area contributed by atoms with Crippen molar-refractivity contribution < 1.29 is 9.90 Å². The maximum absolute atomic E-state index is 13.2. The summed E-state index contributed by atoms with van der Waals surface area (Å²) in [5.74, 6) is 4.87. The Kier molecular flexibility index (Phi) is 5.99. The van der Waals surface area contributed by atoms with E-state index in [-0.39, 0.29) is 17.4 Å². The second-order valence-corrected chi connectivity index (χ2v) is 12.4. The first-order valence-corrected chi connectivity index (χ1v) is 12.9. The van der Waals surface area contributed by atoms with Crippen molar-refractivity contribution in [2.45, 2.75) is 111 Å². The Balaban J connectivity index is 1.53. The number of aliphatic hydroxyl groups is 1. The highest BCUT2D eigenvalue weighted by molar-refractivity contribution is 5.83. The predicted octanol–water partition coefficient (Wildman–Crippen LogP) is 6.65. The van der Waals surface area contributed by atoms with E-state index in [2.05, 4.69) is 34.6 Å². The average Bonchev–Trinajstić information content (AvgIpc) is 3.00. The highest BCUT2D eigenvalue weighted by Crippen LogP contribution is 2.67. The van der Waals surface area contributed by atoms with Crippen LogP contribution in [-0.2, 0) is 4.79 Å². The fraction of sp³-hybridized carbons (Fsp3) is 0.963. The van der Waals surface area contributed by atoms with Gasteiger partial charge in [0.2, 0.25) is 0 Å². The molecule has 4 fully saturated rings. The second kappa shape index (κ2) is 7.95. The fourth-order valence-corrected chi connectivity index (χ4v) is 9.13. The monoisotopic (exact) mass is 402 g/mol. The third-order valence-corrected chi connectivity index (χ3v) is 10.7. The molecule has 0 saturated heterocycles. The summed E-state index contributed by atoms with van der Waals surface area (Å²) in [7, 11) is 0. The van der Waals surface area contributed by atoms with Crippen LogP contribution in [0, 0.1) is 52.3 Å². The van der Waals surface area contributed by atoms with E-state index in [9.17, 15) is 9.90 Å². The van der Waals surface area contributed by atoms with Crippen molar-refractivity contribution in [1.29, 1.82) is 0 Å². The molecule has 0 aromatic heterocycles. The van der Waals surface area contributed by atoms with E-state index in [1.165, 1.54) is 44.9 Å². The zero-order valence-electron chi connectivity index (χ0n) is 19.8. The molecule has 4 aliphatic rings. The van der Waals surface area contributed by atoms with E-state index in [1.807, 2.05) is 0 Å². The predicted molar refractivity (Wildman–Crippen MR) is 119 cm³/mol. The Labute approximate surface area is 179 Å². The zero-order valence-corrected chi connectivity index (χ0v) is 19.8. The fourth-order valence-electron chi connectivity index (χ4n) is 9.13. The Morgan fingerprint density at radius 1 is 1.00 bits per heavy atom. The van der Waals surface area contributed by atoms with Gasteiger partial charge in [-0.1, -0.05) is 60.3 Å². The molecular weight excluding hydrogens is 356 g/mol. The van der Waals surface area contributed by atoms with Gasteiger partial charge in [0, 0.05) is 17.8 Å². The van der Waals surface area contributed by atoms with Gasteiger partial charge in [-0.05, 0) is 79.4 Å². The molecule has 4 aliphatic carbocycles. The van der Waals surface area contributed by atoms with Crippen molar-refractivity contribution in [3.05, 3.63) is 0 Å². The largest absolute Gasteiger partial charge is 0.393 e. The van der Waals surface area contributed by atoms with Crippen LogP contribution in [0.2, 0.25) is 0 Å². The molecule has 0 heterocycles. The number of rotatable bonds is 5. The second-order valence-electron chi connectivity index (χ2n) is 12.4. The Morgan fingerprint density at radius 3 is 2.48 bits per heavy atom. The number of aliphatic hydroxyl groups excluding tert-OH is 1. The van der Waals surface area contributed by atoms with E-state index >= 15 is 0 Å². The van der Waals surface area contributed by atoms with E-state index in [1.54, 1.807) is 0 Å². The van der Waals surface area contributed by atoms with Crippen molar-refractivity contribution in [3.63, 3.8) is 0 Å². The molecule has 1 N–H and O–H groups in total. The normalized spacial score (nSPS) is 48.2. The van der Waals surface area contributed by atoms with Crippen LogP contribution in [0.25, 0.3) is 0 Å². The molecule has 0 amide bonds. The van der Waals surface area contributed by atoms with Crippen molar-refractivity contribution in [2.75, 3.05) is 0 Å². The minimum atomic E-state index is -0.269. The van der Waals surface area contributed by atoms with Crippen molar-refractivity contribution in [1.82, 2.24) is 0 Å². The maximum atomic E-state index is 13.2. The van der Waals surface area contributed by atoms with E-state index < -0.39 is 0 Å². The number of Topliss-reactive ketones (excluding diaryl/α,β-unsaturated/α-hetero) is 1. The number of fused-ring (bicyclic) bond motifs is 5. The standard InChI is InChI=1S/C27H46O2/c1-17(2)8-6-9-18(3)20-12-13-21-19-16-24(28)23-10-7-11-25(29)27(23,5)22(19)14-15-26(20,21)4/h17-23,25,29H,6-16H2,1-5H3/t18-,19+,20-,21+,22+,23-,25+,26-,27-/m1/s1. The number of hydrogen-bond acceptors (Lipinski definition) is 2. The minimum Gasteiger partial charge on any atom is -0.393 e. The van der Waals surface area contributed by atoms with Crippen LogP contribution >= 0.6 is 0 Å². The highest BCUT2D eigenvalue weighted by atomic mass is 16.3. The van der Waals surface area contributed by atoms with Gasteiger partial charge in [0.1, 0.15) is 5.78 Å². The molecule has 0 aromatic carbocycles. The van der Waals surface area contributed by atoms with Crippen LogP contribution in [0.5, 0.6) is 0 Å². The topological polar surface area (TPSA) is 37.3 Å². The smallest absolute Gasteiger partial charge is 0.136 e. The van der Waals surface area contributed by atoms with Crippen LogP contribution in [0.15, 0.2) is 0 Å². The number of ketones is 1. The zero-order chi connectivity index (χ0) is 21.0. The lowest BCUT2D eigenvalue weighted by Crippen LogP contribution is -2.60. The number of carbonyl (C=O) groups is 1. The van der Waals surface area contributed by atoms with Gasteiger partial charge >= 0.3 is 0 Å². The molecule has 0 aromatic rings. The summed E-state index contributed by atoms with van der Waals surface area (Å²) in [5, 5.41) is 11.1. The van der Waals surface area contributed by atoms with E-state index in [0.29, 0.717) is 29.0 Å². The van der Waals surface area contributed by atoms with Gasteiger partial charge in [0.15, 0.2) is 0 Å². The summed E-state index contributed by atoms with van der Waals surface area (Å²) in [6, 6.07) is 0. The molecule has 4 saturated carbocycles. The third kappa shape index (κ3) is 3.44. The molecule has 29 heavy (non-hydrogen) atoms.